The maximum atomic E-state index is 6.01. The van der Waals surface area contributed by atoms with Crippen molar-refractivity contribution in [2.45, 2.75) is 38.3 Å². The highest BCUT2D eigenvalue weighted by Gasteiger charge is 2.36. The Bertz CT molecular complexity index is 469. The van der Waals surface area contributed by atoms with Gasteiger partial charge >= 0.3 is 0 Å². The maximum absolute atomic E-state index is 6.01. The standard InChI is InChI=1S/C15H20N2O/c1-10-3-2-4-12(7-10)15-17-13-8-11(9-16)5-6-14(13)18-15/h2-4,7,11,13-14H,5-6,8-9,16H2,1H3. The molecule has 0 amide bonds. The Balaban J connectivity index is 1.80. The molecule has 3 nitrogen and oxygen atoms in total. The third kappa shape index (κ3) is 2.15. The van der Waals surface area contributed by atoms with E-state index in [0.717, 1.165) is 30.8 Å². The number of benzene rings is 1. The van der Waals surface area contributed by atoms with Crippen molar-refractivity contribution in [3.8, 4) is 0 Å². The molecule has 3 rings (SSSR count). The van der Waals surface area contributed by atoms with E-state index >= 15 is 0 Å². The van der Waals surface area contributed by atoms with E-state index in [9.17, 15) is 0 Å². The van der Waals surface area contributed by atoms with Gasteiger partial charge in [0.25, 0.3) is 0 Å². The number of aliphatic imine (C=N–C) groups is 1. The van der Waals surface area contributed by atoms with Crippen molar-refractivity contribution in [3.63, 3.8) is 0 Å². The Labute approximate surface area is 108 Å². The Morgan fingerprint density at radius 3 is 3.06 bits per heavy atom. The van der Waals surface area contributed by atoms with Crippen LogP contribution in [0, 0.1) is 12.8 Å². The van der Waals surface area contributed by atoms with Gasteiger partial charge in [0.2, 0.25) is 5.90 Å². The second-order valence-electron chi connectivity index (χ2n) is 5.44. The van der Waals surface area contributed by atoms with E-state index in [1.54, 1.807) is 0 Å². The second kappa shape index (κ2) is 4.73. The molecule has 1 saturated carbocycles. The molecule has 1 aromatic carbocycles. The summed E-state index contributed by atoms with van der Waals surface area (Å²) in [5.41, 5.74) is 8.11. The molecule has 3 atom stereocenters. The summed E-state index contributed by atoms with van der Waals surface area (Å²) in [6.07, 6.45) is 3.62. The summed E-state index contributed by atoms with van der Waals surface area (Å²) in [5, 5.41) is 0. The molecule has 0 aromatic heterocycles. The van der Waals surface area contributed by atoms with Crippen LogP contribution in [-0.2, 0) is 4.74 Å². The van der Waals surface area contributed by atoms with E-state index in [-0.39, 0.29) is 6.10 Å². The van der Waals surface area contributed by atoms with Gasteiger partial charge in [0, 0.05) is 5.56 Å². The number of nitrogens with zero attached hydrogens (tertiary/aromatic N) is 1. The predicted octanol–water partition coefficient (Wildman–Crippen LogP) is 2.27. The first kappa shape index (κ1) is 11.7. The highest BCUT2D eigenvalue weighted by Crippen LogP contribution is 2.33. The van der Waals surface area contributed by atoms with Gasteiger partial charge in [-0.15, -0.1) is 0 Å². The average Bonchev–Trinajstić information content (AvgIpc) is 2.81. The van der Waals surface area contributed by atoms with E-state index in [1.165, 1.54) is 12.0 Å². The van der Waals surface area contributed by atoms with Crippen LogP contribution in [-0.4, -0.2) is 24.6 Å². The van der Waals surface area contributed by atoms with E-state index < -0.39 is 0 Å². The molecule has 0 radical (unpaired) electrons. The molecule has 0 bridgehead atoms. The highest BCUT2D eigenvalue weighted by molar-refractivity contribution is 5.95. The van der Waals surface area contributed by atoms with Crippen molar-refractivity contribution < 1.29 is 4.74 Å². The zero-order valence-electron chi connectivity index (χ0n) is 10.8. The van der Waals surface area contributed by atoms with Crippen LogP contribution in [0.15, 0.2) is 29.3 Å². The number of hydrogen-bond donors (Lipinski definition) is 1. The Kier molecular flexibility index (Phi) is 3.08. The fourth-order valence-electron chi connectivity index (χ4n) is 2.94. The molecule has 1 aliphatic carbocycles. The fraction of sp³-hybridized carbons (Fsp3) is 0.533. The third-order valence-corrected chi connectivity index (χ3v) is 4.01. The summed E-state index contributed by atoms with van der Waals surface area (Å²) in [7, 11) is 0. The van der Waals surface area contributed by atoms with Crippen LogP contribution < -0.4 is 5.73 Å². The van der Waals surface area contributed by atoms with Gasteiger partial charge in [-0.3, -0.25) is 0 Å². The number of hydrogen-bond acceptors (Lipinski definition) is 3. The Hall–Kier alpha value is -1.35. The number of nitrogens with two attached hydrogens (primary N) is 1. The first-order valence-corrected chi connectivity index (χ1v) is 6.78. The number of rotatable bonds is 2. The van der Waals surface area contributed by atoms with Crippen molar-refractivity contribution in [1.82, 2.24) is 0 Å². The first-order chi connectivity index (χ1) is 8.76. The van der Waals surface area contributed by atoms with Gasteiger partial charge < -0.3 is 10.5 Å². The van der Waals surface area contributed by atoms with Crippen molar-refractivity contribution >= 4 is 5.90 Å². The lowest BCUT2D eigenvalue weighted by molar-refractivity contribution is 0.130. The number of ether oxygens (including phenoxy) is 1. The van der Waals surface area contributed by atoms with Crippen LogP contribution in [0.3, 0.4) is 0 Å². The van der Waals surface area contributed by atoms with Crippen LogP contribution in [0.2, 0.25) is 0 Å². The molecule has 1 fully saturated rings. The highest BCUT2D eigenvalue weighted by atomic mass is 16.5. The minimum Gasteiger partial charge on any atom is -0.472 e. The largest absolute Gasteiger partial charge is 0.472 e. The first-order valence-electron chi connectivity index (χ1n) is 6.78. The third-order valence-electron chi connectivity index (χ3n) is 4.01. The monoisotopic (exact) mass is 244 g/mol. The Morgan fingerprint density at radius 2 is 2.28 bits per heavy atom. The van der Waals surface area contributed by atoms with Gasteiger partial charge in [-0.1, -0.05) is 17.7 Å². The van der Waals surface area contributed by atoms with E-state index in [1.807, 2.05) is 0 Å². The summed E-state index contributed by atoms with van der Waals surface area (Å²) in [5.74, 6) is 1.45. The zero-order chi connectivity index (χ0) is 12.5. The molecular formula is C15H20N2O. The van der Waals surface area contributed by atoms with Gasteiger partial charge in [-0.05, 0) is 50.8 Å². The van der Waals surface area contributed by atoms with Crippen molar-refractivity contribution in [3.05, 3.63) is 35.4 Å². The van der Waals surface area contributed by atoms with E-state index in [0.29, 0.717) is 12.0 Å². The molecule has 1 aromatic rings. The number of fused-ring (bicyclic) bond motifs is 1. The molecule has 1 aliphatic heterocycles. The molecule has 18 heavy (non-hydrogen) atoms. The summed E-state index contributed by atoms with van der Waals surface area (Å²) < 4.78 is 6.01. The molecule has 1 heterocycles. The lowest BCUT2D eigenvalue weighted by Crippen LogP contribution is -2.33. The van der Waals surface area contributed by atoms with E-state index in [4.69, 9.17) is 15.5 Å². The van der Waals surface area contributed by atoms with Crippen LogP contribution in [0.5, 0.6) is 0 Å². The average molecular weight is 244 g/mol. The van der Waals surface area contributed by atoms with E-state index in [2.05, 4.69) is 31.2 Å². The van der Waals surface area contributed by atoms with Gasteiger partial charge in [0.05, 0.1) is 6.04 Å². The normalized spacial score (nSPS) is 30.6. The van der Waals surface area contributed by atoms with Crippen LogP contribution in [0.1, 0.15) is 30.4 Å². The predicted molar refractivity (Wildman–Crippen MR) is 72.8 cm³/mol. The summed E-state index contributed by atoms with van der Waals surface area (Å²) in [6, 6.07) is 8.68. The van der Waals surface area contributed by atoms with Crippen molar-refractivity contribution in [2.75, 3.05) is 6.54 Å². The summed E-state index contributed by atoms with van der Waals surface area (Å²) in [6.45, 7) is 2.87. The van der Waals surface area contributed by atoms with Crippen LogP contribution in [0.4, 0.5) is 0 Å². The maximum Gasteiger partial charge on any atom is 0.216 e. The van der Waals surface area contributed by atoms with Crippen molar-refractivity contribution in [2.24, 2.45) is 16.6 Å². The smallest absolute Gasteiger partial charge is 0.216 e. The summed E-state index contributed by atoms with van der Waals surface area (Å²) >= 11 is 0. The second-order valence-corrected chi connectivity index (χ2v) is 5.44. The summed E-state index contributed by atoms with van der Waals surface area (Å²) in [4.78, 5) is 4.76. The Morgan fingerprint density at radius 1 is 1.39 bits per heavy atom. The van der Waals surface area contributed by atoms with Crippen LogP contribution in [0.25, 0.3) is 0 Å². The quantitative estimate of drug-likeness (QED) is 0.867. The fourth-order valence-corrected chi connectivity index (χ4v) is 2.94. The molecule has 96 valence electrons. The molecular weight excluding hydrogens is 224 g/mol. The van der Waals surface area contributed by atoms with Gasteiger partial charge in [0.1, 0.15) is 6.10 Å². The van der Waals surface area contributed by atoms with Crippen LogP contribution >= 0.6 is 0 Å². The lowest BCUT2D eigenvalue weighted by Gasteiger charge is -2.28. The minimum absolute atomic E-state index is 0.281. The van der Waals surface area contributed by atoms with Gasteiger partial charge in [-0.2, -0.15) is 0 Å². The van der Waals surface area contributed by atoms with Gasteiger partial charge in [0.15, 0.2) is 0 Å². The molecule has 3 unspecified atom stereocenters. The molecule has 2 N–H and O–H groups in total. The topological polar surface area (TPSA) is 47.6 Å². The lowest BCUT2D eigenvalue weighted by atomic mass is 9.84. The number of aryl methyl sites for hydroxylation is 1. The molecule has 0 saturated heterocycles. The van der Waals surface area contributed by atoms with Crippen molar-refractivity contribution in [1.29, 1.82) is 0 Å². The molecule has 0 spiro atoms. The minimum atomic E-state index is 0.281. The van der Waals surface area contributed by atoms with Gasteiger partial charge in [-0.25, -0.2) is 4.99 Å². The SMILES string of the molecule is Cc1cccc(C2=NC3CC(CN)CCC3O2)c1. The molecule has 3 heteroatoms. The zero-order valence-corrected chi connectivity index (χ0v) is 10.8. The molecule has 2 aliphatic rings.